The first-order chi connectivity index (χ1) is 10.0. The molecule has 2 rings (SSSR count). The van der Waals surface area contributed by atoms with E-state index in [2.05, 4.69) is 37.9 Å². The molecule has 2 aliphatic heterocycles. The van der Waals surface area contributed by atoms with Crippen LogP contribution in [0.1, 0.15) is 53.4 Å². The Labute approximate surface area is 131 Å². The Bertz CT molecular complexity index is 298. The van der Waals surface area contributed by atoms with E-state index in [1.165, 1.54) is 45.3 Å². The van der Waals surface area contributed by atoms with Crippen molar-refractivity contribution in [3.05, 3.63) is 0 Å². The van der Waals surface area contributed by atoms with Gasteiger partial charge in [-0.3, -0.25) is 0 Å². The molecule has 0 aliphatic carbocycles. The number of nitrogens with one attached hydrogen (secondary N) is 1. The summed E-state index contributed by atoms with van der Waals surface area (Å²) in [5.74, 6) is 1.56. The first kappa shape index (κ1) is 17.2. The molecule has 3 nitrogen and oxygen atoms in total. The van der Waals surface area contributed by atoms with E-state index in [-0.39, 0.29) is 0 Å². The molecule has 0 radical (unpaired) electrons. The van der Waals surface area contributed by atoms with Crippen molar-refractivity contribution >= 4 is 0 Å². The zero-order valence-corrected chi connectivity index (χ0v) is 14.7. The van der Waals surface area contributed by atoms with Crippen molar-refractivity contribution in [2.45, 2.75) is 59.4 Å². The lowest BCUT2D eigenvalue weighted by Gasteiger charge is -2.36. The minimum atomic E-state index is 0.469. The van der Waals surface area contributed by atoms with Crippen LogP contribution in [-0.2, 0) is 4.74 Å². The van der Waals surface area contributed by atoms with Crippen molar-refractivity contribution in [2.75, 3.05) is 39.4 Å². The highest BCUT2D eigenvalue weighted by Gasteiger charge is 2.30. The summed E-state index contributed by atoms with van der Waals surface area (Å²) in [5.41, 5.74) is 0.469. The van der Waals surface area contributed by atoms with Gasteiger partial charge in [-0.2, -0.15) is 0 Å². The van der Waals surface area contributed by atoms with E-state index in [4.69, 9.17) is 4.74 Å². The predicted molar refractivity (Wildman–Crippen MR) is 89.6 cm³/mol. The van der Waals surface area contributed by atoms with Crippen molar-refractivity contribution in [2.24, 2.45) is 17.3 Å². The van der Waals surface area contributed by atoms with Crippen LogP contribution in [0.25, 0.3) is 0 Å². The standard InChI is InChI=1S/C18H36N2O/c1-5-19-17-9-12-21-14-15(17)13-20-10-6-7-16(8-11-20)18(2,3)4/h15-17,19H,5-14H2,1-4H3. The van der Waals surface area contributed by atoms with Crippen LogP contribution in [0.15, 0.2) is 0 Å². The summed E-state index contributed by atoms with van der Waals surface area (Å²) in [6.45, 7) is 16.2. The number of rotatable bonds is 4. The molecular formula is C18H36N2O. The van der Waals surface area contributed by atoms with Gasteiger partial charge in [0.25, 0.3) is 0 Å². The Morgan fingerprint density at radius 3 is 2.67 bits per heavy atom. The highest BCUT2D eigenvalue weighted by molar-refractivity contribution is 4.84. The molecule has 0 saturated carbocycles. The van der Waals surface area contributed by atoms with E-state index in [1.54, 1.807) is 0 Å². The SMILES string of the molecule is CCNC1CCOCC1CN1CCCC(C(C)(C)C)CC1. The van der Waals surface area contributed by atoms with Crippen LogP contribution in [0.2, 0.25) is 0 Å². The van der Waals surface area contributed by atoms with Crippen LogP contribution >= 0.6 is 0 Å². The molecule has 3 heteroatoms. The van der Waals surface area contributed by atoms with Gasteiger partial charge in [0.1, 0.15) is 0 Å². The Balaban J connectivity index is 1.84. The van der Waals surface area contributed by atoms with E-state index >= 15 is 0 Å². The minimum absolute atomic E-state index is 0.469. The minimum Gasteiger partial charge on any atom is -0.381 e. The molecule has 0 aromatic rings. The lowest BCUT2D eigenvalue weighted by atomic mass is 9.77. The lowest BCUT2D eigenvalue weighted by molar-refractivity contribution is 0.0170. The number of ether oxygens (including phenoxy) is 1. The number of nitrogens with zero attached hydrogens (tertiary/aromatic N) is 1. The van der Waals surface area contributed by atoms with Gasteiger partial charge in [-0.15, -0.1) is 0 Å². The Hall–Kier alpha value is -0.120. The van der Waals surface area contributed by atoms with Gasteiger partial charge in [0, 0.05) is 25.1 Å². The fourth-order valence-electron chi connectivity index (χ4n) is 4.04. The monoisotopic (exact) mass is 296 g/mol. The highest BCUT2D eigenvalue weighted by atomic mass is 16.5. The average Bonchev–Trinajstić information content (AvgIpc) is 2.66. The normalized spacial score (nSPS) is 32.9. The highest BCUT2D eigenvalue weighted by Crippen LogP contribution is 2.34. The molecule has 0 aromatic carbocycles. The fraction of sp³-hybridized carbons (Fsp3) is 1.00. The maximum atomic E-state index is 5.74. The summed E-state index contributed by atoms with van der Waals surface area (Å²) in [5, 5.41) is 3.67. The summed E-state index contributed by atoms with van der Waals surface area (Å²) in [4.78, 5) is 2.70. The Kier molecular flexibility index (Phi) is 6.51. The van der Waals surface area contributed by atoms with Gasteiger partial charge in [-0.1, -0.05) is 27.7 Å². The van der Waals surface area contributed by atoms with Crippen LogP contribution in [0.3, 0.4) is 0 Å². The topological polar surface area (TPSA) is 24.5 Å². The molecule has 3 unspecified atom stereocenters. The molecule has 0 bridgehead atoms. The summed E-state index contributed by atoms with van der Waals surface area (Å²) >= 11 is 0. The zero-order valence-electron chi connectivity index (χ0n) is 14.7. The van der Waals surface area contributed by atoms with Crippen LogP contribution in [0.5, 0.6) is 0 Å². The second-order valence-corrected chi connectivity index (χ2v) is 8.08. The van der Waals surface area contributed by atoms with Crippen molar-refractivity contribution in [1.82, 2.24) is 10.2 Å². The molecule has 124 valence electrons. The smallest absolute Gasteiger partial charge is 0.0521 e. The fourth-order valence-corrected chi connectivity index (χ4v) is 4.04. The van der Waals surface area contributed by atoms with Gasteiger partial charge in [-0.25, -0.2) is 0 Å². The molecule has 2 fully saturated rings. The van der Waals surface area contributed by atoms with Crippen LogP contribution in [0.4, 0.5) is 0 Å². The van der Waals surface area contributed by atoms with Gasteiger partial charge < -0.3 is 15.0 Å². The molecular weight excluding hydrogens is 260 g/mol. The lowest BCUT2D eigenvalue weighted by Crippen LogP contribution is -2.48. The van der Waals surface area contributed by atoms with Gasteiger partial charge in [0.15, 0.2) is 0 Å². The number of hydrogen-bond donors (Lipinski definition) is 1. The maximum Gasteiger partial charge on any atom is 0.0521 e. The summed E-state index contributed by atoms with van der Waals surface area (Å²) in [7, 11) is 0. The molecule has 2 aliphatic rings. The van der Waals surface area contributed by atoms with E-state index in [9.17, 15) is 0 Å². The summed E-state index contributed by atoms with van der Waals surface area (Å²) in [6, 6.07) is 0.658. The third kappa shape index (κ3) is 5.22. The number of hydrogen-bond acceptors (Lipinski definition) is 3. The van der Waals surface area contributed by atoms with Gasteiger partial charge in [0.05, 0.1) is 6.61 Å². The van der Waals surface area contributed by atoms with E-state index in [0.29, 0.717) is 17.4 Å². The molecule has 1 N–H and O–H groups in total. The second kappa shape index (κ2) is 7.94. The average molecular weight is 296 g/mol. The Morgan fingerprint density at radius 1 is 1.14 bits per heavy atom. The first-order valence-electron chi connectivity index (χ1n) is 9.04. The van der Waals surface area contributed by atoms with E-state index in [1.807, 2.05) is 0 Å². The molecule has 3 atom stereocenters. The van der Waals surface area contributed by atoms with Crippen molar-refractivity contribution in [3.63, 3.8) is 0 Å². The quantitative estimate of drug-likeness (QED) is 0.862. The molecule has 2 heterocycles. The Morgan fingerprint density at radius 2 is 1.95 bits per heavy atom. The van der Waals surface area contributed by atoms with Gasteiger partial charge >= 0.3 is 0 Å². The largest absolute Gasteiger partial charge is 0.381 e. The van der Waals surface area contributed by atoms with Crippen molar-refractivity contribution in [1.29, 1.82) is 0 Å². The molecule has 21 heavy (non-hydrogen) atoms. The molecule has 0 aromatic heterocycles. The molecule has 2 saturated heterocycles. The van der Waals surface area contributed by atoms with Gasteiger partial charge in [-0.05, 0) is 56.7 Å². The van der Waals surface area contributed by atoms with Crippen LogP contribution in [-0.4, -0.2) is 50.3 Å². The number of likely N-dealkylation sites (tertiary alicyclic amines) is 1. The van der Waals surface area contributed by atoms with Crippen LogP contribution in [0, 0.1) is 17.3 Å². The predicted octanol–water partition coefficient (Wildman–Crippen LogP) is 3.15. The van der Waals surface area contributed by atoms with E-state index in [0.717, 1.165) is 25.7 Å². The van der Waals surface area contributed by atoms with E-state index < -0.39 is 0 Å². The second-order valence-electron chi connectivity index (χ2n) is 8.08. The third-order valence-corrected chi connectivity index (χ3v) is 5.48. The zero-order chi connectivity index (χ0) is 15.3. The maximum absolute atomic E-state index is 5.74. The summed E-state index contributed by atoms with van der Waals surface area (Å²) in [6.07, 6.45) is 5.30. The first-order valence-corrected chi connectivity index (χ1v) is 9.04. The molecule has 0 amide bonds. The van der Waals surface area contributed by atoms with Crippen molar-refractivity contribution in [3.8, 4) is 0 Å². The van der Waals surface area contributed by atoms with Gasteiger partial charge in [0.2, 0.25) is 0 Å². The summed E-state index contributed by atoms with van der Waals surface area (Å²) < 4.78 is 5.74. The molecule has 0 spiro atoms. The van der Waals surface area contributed by atoms with Crippen molar-refractivity contribution < 1.29 is 4.74 Å². The third-order valence-electron chi connectivity index (χ3n) is 5.48. The van der Waals surface area contributed by atoms with Crippen LogP contribution < -0.4 is 5.32 Å².